The van der Waals surface area contributed by atoms with Gasteiger partial charge in [0, 0.05) is 61.2 Å². The zero-order chi connectivity index (χ0) is 15.3. The zero-order valence-electron chi connectivity index (χ0n) is 12.9. The number of nitrogens with one attached hydrogen (secondary N) is 1. The van der Waals surface area contributed by atoms with Crippen molar-refractivity contribution in [2.75, 3.05) is 26.3 Å². The van der Waals surface area contributed by atoms with Gasteiger partial charge in [-0.2, -0.15) is 5.10 Å². The summed E-state index contributed by atoms with van der Waals surface area (Å²) >= 11 is 0. The molecular formula is C16H20N4O2. The third kappa shape index (κ3) is 1.98. The van der Waals surface area contributed by atoms with Crippen LogP contribution < -0.4 is 0 Å². The van der Waals surface area contributed by atoms with Gasteiger partial charge in [0.15, 0.2) is 0 Å². The second-order valence-electron chi connectivity index (χ2n) is 6.74. The van der Waals surface area contributed by atoms with Crippen LogP contribution in [0.3, 0.4) is 0 Å². The van der Waals surface area contributed by atoms with Crippen molar-refractivity contribution < 1.29 is 9.53 Å². The highest BCUT2D eigenvalue weighted by Gasteiger charge is 2.48. The first-order valence-electron chi connectivity index (χ1n) is 7.60. The van der Waals surface area contributed by atoms with Crippen LogP contribution in [0.5, 0.6) is 0 Å². The normalized spacial score (nSPS) is 27.4. The first-order valence-corrected chi connectivity index (χ1v) is 7.60. The molecule has 2 aliphatic heterocycles. The summed E-state index contributed by atoms with van der Waals surface area (Å²) in [6, 6.07) is 0. The molecule has 0 aromatic carbocycles. The molecule has 0 bridgehead atoms. The lowest BCUT2D eigenvalue weighted by Crippen LogP contribution is -2.32. The third-order valence-corrected chi connectivity index (χ3v) is 5.01. The van der Waals surface area contributed by atoms with Gasteiger partial charge in [0.2, 0.25) is 0 Å². The molecule has 0 spiro atoms. The Kier molecular flexibility index (Phi) is 2.91. The van der Waals surface area contributed by atoms with Crippen LogP contribution in [0.25, 0.3) is 11.1 Å². The number of fused-ring (bicyclic) bond motifs is 1. The fraction of sp³-hybridized carbons (Fsp3) is 0.500. The highest BCUT2D eigenvalue weighted by Crippen LogP contribution is 2.41. The Bertz CT molecular complexity index is 719. The van der Waals surface area contributed by atoms with Crippen molar-refractivity contribution in [3.63, 3.8) is 0 Å². The van der Waals surface area contributed by atoms with Crippen molar-refractivity contribution in [1.29, 1.82) is 0 Å². The maximum atomic E-state index is 12.9. The molecule has 0 radical (unpaired) electrons. The second-order valence-corrected chi connectivity index (χ2v) is 6.74. The van der Waals surface area contributed by atoms with E-state index < -0.39 is 0 Å². The highest BCUT2D eigenvalue weighted by atomic mass is 16.5. The fourth-order valence-corrected chi connectivity index (χ4v) is 3.63. The molecular weight excluding hydrogens is 280 g/mol. The number of aromatic nitrogens is 3. The first kappa shape index (κ1) is 13.6. The number of likely N-dealkylation sites (tertiary alicyclic amines) is 1. The molecule has 2 aliphatic rings. The summed E-state index contributed by atoms with van der Waals surface area (Å²) in [5.74, 6) is 0.549. The molecule has 1 amide bonds. The Morgan fingerprint density at radius 2 is 2.36 bits per heavy atom. The predicted octanol–water partition coefficient (Wildman–Crippen LogP) is 1.52. The van der Waals surface area contributed by atoms with Crippen LogP contribution in [0.2, 0.25) is 0 Å². The van der Waals surface area contributed by atoms with Gasteiger partial charge in [-0.3, -0.25) is 9.48 Å². The summed E-state index contributed by atoms with van der Waals surface area (Å²) in [4.78, 5) is 17.9. The van der Waals surface area contributed by atoms with E-state index in [9.17, 15) is 4.79 Å². The van der Waals surface area contributed by atoms with E-state index in [1.165, 1.54) is 0 Å². The lowest BCUT2D eigenvalue weighted by Gasteiger charge is -2.21. The molecule has 2 aromatic rings. The summed E-state index contributed by atoms with van der Waals surface area (Å²) in [7, 11) is 1.88. The minimum Gasteiger partial charge on any atom is -0.380 e. The van der Waals surface area contributed by atoms with Crippen LogP contribution >= 0.6 is 0 Å². The highest BCUT2D eigenvalue weighted by molar-refractivity contribution is 6.00. The van der Waals surface area contributed by atoms with Crippen LogP contribution in [0.1, 0.15) is 17.3 Å². The second kappa shape index (κ2) is 4.71. The fourth-order valence-electron chi connectivity index (χ4n) is 3.63. The minimum absolute atomic E-state index is 0.0933. The lowest BCUT2D eigenvalue weighted by atomic mass is 9.83. The molecule has 116 valence electrons. The van der Waals surface area contributed by atoms with Crippen molar-refractivity contribution >= 4 is 5.91 Å². The van der Waals surface area contributed by atoms with Gasteiger partial charge in [-0.15, -0.1) is 0 Å². The number of H-pyrrole nitrogens is 1. The van der Waals surface area contributed by atoms with Gasteiger partial charge in [0.25, 0.3) is 5.91 Å². The van der Waals surface area contributed by atoms with Crippen LogP contribution in [0, 0.1) is 11.3 Å². The molecule has 22 heavy (non-hydrogen) atoms. The molecule has 4 rings (SSSR count). The first-order chi connectivity index (χ1) is 10.6. The number of aryl methyl sites for hydroxylation is 1. The smallest absolute Gasteiger partial charge is 0.256 e. The molecule has 2 saturated heterocycles. The molecule has 2 aromatic heterocycles. The van der Waals surface area contributed by atoms with E-state index in [2.05, 4.69) is 17.0 Å². The molecule has 2 atom stereocenters. The summed E-state index contributed by atoms with van der Waals surface area (Å²) in [5, 5.41) is 4.19. The van der Waals surface area contributed by atoms with Gasteiger partial charge in [-0.1, -0.05) is 6.92 Å². The molecule has 0 aliphatic carbocycles. The van der Waals surface area contributed by atoms with Crippen molar-refractivity contribution in [3.05, 3.63) is 30.4 Å². The minimum atomic E-state index is 0.0933. The summed E-state index contributed by atoms with van der Waals surface area (Å²) in [6.45, 7) is 5.30. The zero-order valence-corrected chi connectivity index (χ0v) is 12.9. The van der Waals surface area contributed by atoms with Crippen molar-refractivity contribution in [1.82, 2.24) is 19.7 Å². The van der Waals surface area contributed by atoms with E-state index in [1.807, 2.05) is 24.3 Å². The number of aromatic amines is 1. The van der Waals surface area contributed by atoms with Gasteiger partial charge in [0.05, 0.1) is 25.0 Å². The Morgan fingerprint density at radius 1 is 1.50 bits per heavy atom. The van der Waals surface area contributed by atoms with Crippen LogP contribution in [0.4, 0.5) is 0 Å². The average Bonchev–Trinajstić information content (AvgIpc) is 3.19. The average molecular weight is 300 g/mol. The topological polar surface area (TPSA) is 63.2 Å². The van der Waals surface area contributed by atoms with Crippen molar-refractivity contribution in [2.24, 2.45) is 18.4 Å². The number of amides is 1. The number of carbonyl (C=O) groups excluding carboxylic acids is 1. The molecule has 1 N–H and O–H groups in total. The molecule has 2 fully saturated rings. The predicted molar refractivity (Wildman–Crippen MR) is 81.3 cm³/mol. The Labute approximate surface area is 129 Å². The maximum absolute atomic E-state index is 12.9. The van der Waals surface area contributed by atoms with E-state index in [0.29, 0.717) is 5.92 Å². The number of carbonyl (C=O) groups is 1. The Balaban J connectivity index is 1.61. The molecule has 6 heteroatoms. The van der Waals surface area contributed by atoms with Crippen molar-refractivity contribution in [2.45, 2.75) is 6.92 Å². The summed E-state index contributed by atoms with van der Waals surface area (Å²) in [5.41, 5.74) is 2.70. The number of hydrogen-bond acceptors (Lipinski definition) is 3. The van der Waals surface area contributed by atoms with Crippen LogP contribution in [-0.2, 0) is 11.8 Å². The Morgan fingerprint density at radius 3 is 3.09 bits per heavy atom. The third-order valence-electron chi connectivity index (χ3n) is 5.01. The monoisotopic (exact) mass is 300 g/mol. The largest absolute Gasteiger partial charge is 0.380 e. The SMILES string of the molecule is Cn1cc(-c2c[nH]cc2C(=O)N2CC3COCC3(C)C2)cn1. The standard InChI is InChI=1S/C16H20N4O2/c1-16-9-20(7-12(16)8-22-10-16)15(21)14-5-17-4-13(14)11-3-18-19(2)6-11/h3-6,12,17H,7-10H2,1-2H3. The van der Waals surface area contributed by atoms with Crippen LogP contribution in [-0.4, -0.2) is 51.9 Å². The van der Waals surface area contributed by atoms with Gasteiger partial charge in [-0.05, 0) is 0 Å². The Hall–Kier alpha value is -2.08. The van der Waals surface area contributed by atoms with Crippen molar-refractivity contribution in [3.8, 4) is 11.1 Å². The molecule has 6 nitrogen and oxygen atoms in total. The number of rotatable bonds is 2. The van der Waals surface area contributed by atoms with E-state index >= 15 is 0 Å². The van der Waals surface area contributed by atoms with E-state index in [4.69, 9.17) is 4.74 Å². The van der Waals surface area contributed by atoms with Crippen LogP contribution in [0.15, 0.2) is 24.8 Å². The van der Waals surface area contributed by atoms with Gasteiger partial charge < -0.3 is 14.6 Å². The lowest BCUT2D eigenvalue weighted by molar-refractivity contribution is 0.0728. The molecule has 0 saturated carbocycles. The number of ether oxygens (including phenoxy) is 1. The van der Waals surface area contributed by atoms with E-state index in [0.717, 1.165) is 43.0 Å². The molecule has 2 unspecified atom stereocenters. The van der Waals surface area contributed by atoms with Gasteiger partial charge >= 0.3 is 0 Å². The van der Waals surface area contributed by atoms with E-state index in [1.54, 1.807) is 17.1 Å². The number of hydrogen-bond donors (Lipinski definition) is 1. The quantitative estimate of drug-likeness (QED) is 0.914. The van der Waals surface area contributed by atoms with E-state index in [-0.39, 0.29) is 11.3 Å². The van der Waals surface area contributed by atoms with Gasteiger partial charge in [-0.25, -0.2) is 0 Å². The summed E-state index contributed by atoms with van der Waals surface area (Å²) < 4.78 is 7.32. The molecule has 4 heterocycles. The maximum Gasteiger partial charge on any atom is 0.256 e. The number of nitrogens with zero attached hydrogens (tertiary/aromatic N) is 3. The van der Waals surface area contributed by atoms with Gasteiger partial charge in [0.1, 0.15) is 0 Å². The summed E-state index contributed by atoms with van der Waals surface area (Å²) in [6.07, 6.45) is 7.37.